The molecule has 0 radical (unpaired) electrons. The van der Waals surface area contributed by atoms with E-state index in [1.807, 2.05) is 68.7 Å². The van der Waals surface area contributed by atoms with Crippen LogP contribution in [-0.2, 0) is 0 Å². The molecule has 30 heavy (non-hydrogen) atoms. The van der Waals surface area contributed by atoms with Gasteiger partial charge in [-0.3, -0.25) is 0 Å². The van der Waals surface area contributed by atoms with Crippen LogP contribution in [-0.4, -0.2) is 28.3 Å². The van der Waals surface area contributed by atoms with Crippen molar-refractivity contribution in [2.75, 3.05) is 38.9 Å². The third-order valence-corrected chi connectivity index (χ3v) is 4.84. The van der Waals surface area contributed by atoms with Crippen LogP contribution in [0, 0.1) is 0 Å². The predicted octanol–water partition coefficient (Wildman–Crippen LogP) is 5.69. The van der Waals surface area contributed by atoms with E-state index < -0.39 is 0 Å². The van der Waals surface area contributed by atoms with Gasteiger partial charge in [0.1, 0.15) is 11.5 Å². The molecule has 0 aromatic heterocycles. The van der Waals surface area contributed by atoms with Crippen molar-refractivity contribution in [2.45, 2.75) is 0 Å². The third-order valence-electron chi connectivity index (χ3n) is 4.84. The molecule has 2 N–H and O–H groups in total. The van der Waals surface area contributed by atoms with Crippen LogP contribution in [0.15, 0.2) is 60.7 Å². The lowest BCUT2D eigenvalue weighted by atomic mass is 10.1. The normalized spacial score (nSPS) is 11.2. The molecule has 4 nitrogen and oxygen atoms in total. The average molecular weight is 401 g/mol. The van der Waals surface area contributed by atoms with Crippen molar-refractivity contribution < 1.29 is 9.47 Å². The Morgan fingerprint density at radius 3 is 1.50 bits per heavy atom. The van der Waals surface area contributed by atoms with E-state index in [2.05, 4.69) is 35.2 Å². The molecule has 0 unspecified atom stereocenters. The van der Waals surface area contributed by atoms with Crippen LogP contribution in [0.4, 0.5) is 11.4 Å². The Balaban J connectivity index is 1.87. The van der Waals surface area contributed by atoms with E-state index in [9.17, 15) is 0 Å². The fraction of sp³-hybridized carbons (Fsp3) is 0.154. The van der Waals surface area contributed by atoms with Crippen LogP contribution >= 0.6 is 0 Å². The van der Waals surface area contributed by atoms with E-state index in [1.54, 1.807) is 14.2 Å². The Bertz CT molecular complexity index is 1030. The third kappa shape index (κ3) is 5.23. The molecule has 3 aromatic carbocycles. The molecule has 0 aliphatic carbocycles. The van der Waals surface area contributed by atoms with Gasteiger partial charge in [0, 0.05) is 36.6 Å². The number of ether oxygens (including phenoxy) is 2. The first kappa shape index (κ1) is 21.1. The van der Waals surface area contributed by atoms with Gasteiger partial charge in [-0.05, 0) is 47.5 Å². The topological polar surface area (TPSA) is 47.7 Å². The first-order valence-electron chi connectivity index (χ1n) is 9.75. The van der Waals surface area contributed by atoms with Crippen molar-refractivity contribution >= 4 is 35.7 Å². The van der Waals surface area contributed by atoms with Crippen molar-refractivity contribution in [3.05, 3.63) is 82.9 Å². The van der Waals surface area contributed by atoms with Crippen LogP contribution < -0.4 is 20.1 Å². The summed E-state index contributed by atoms with van der Waals surface area (Å²) in [4.78, 5) is 2.08. The Kier molecular flexibility index (Phi) is 6.81. The minimum Gasteiger partial charge on any atom is -0.496 e. The van der Waals surface area contributed by atoms with Gasteiger partial charge in [-0.2, -0.15) is 0 Å². The maximum atomic E-state index is 5.76. The van der Waals surface area contributed by atoms with Crippen molar-refractivity contribution in [1.82, 2.24) is 0 Å². The summed E-state index contributed by atoms with van der Waals surface area (Å²) < 4.78 is 11.2. The maximum absolute atomic E-state index is 5.76. The van der Waals surface area contributed by atoms with E-state index in [-0.39, 0.29) is 0 Å². The van der Waals surface area contributed by atoms with Crippen LogP contribution in [0.2, 0.25) is 0 Å². The van der Waals surface area contributed by atoms with Gasteiger partial charge in [0.05, 0.1) is 14.2 Å². The zero-order valence-electron chi connectivity index (χ0n) is 17.9. The molecule has 0 bridgehead atoms. The summed E-state index contributed by atoms with van der Waals surface area (Å²) >= 11 is 0. The van der Waals surface area contributed by atoms with Gasteiger partial charge in [-0.25, -0.2) is 0 Å². The van der Waals surface area contributed by atoms with Crippen molar-refractivity contribution in [1.29, 1.82) is 0 Å². The number of methoxy groups -OCH3 is 2. The summed E-state index contributed by atoms with van der Waals surface area (Å²) in [5.74, 6) is 1.57. The summed E-state index contributed by atoms with van der Waals surface area (Å²) in [6, 6.07) is 20.1. The lowest BCUT2D eigenvalue weighted by Gasteiger charge is -2.12. The number of nitrogens with two attached hydrogens (primary N) is 1. The molecule has 0 amide bonds. The fourth-order valence-electron chi connectivity index (χ4n) is 3.07. The first-order chi connectivity index (χ1) is 14.5. The molecule has 0 heterocycles. The highest BCUT2D eigenvalue weighted by molar-refractivity contribution is 5.79. The van der Waals surface area contributed by atoms with Crippen molar-refractivity contribution in [3.8, 4) is 11.5 Å². The van der Waals surface area contributed by atoms with E-state index in [4.69, 9.17) is 15.2 Å². The zero-order valence-corrected chi connectivity index (χ0v) is 17.9. The monoisotopic (exact) mass is 400 g/mol. The van der Waals surface area contributed by atoms with Crippen LogP contribution in [0.25, 0.3) is 24.3 Å². The van der Waals surface area contributed by atoms with E-state index in [1.165, 1.54) is 5.69 Å². The Morgan fingerprint density at radius 2 is 1.10 bits per heavy atom. The number of anilines is 2. The second kappa shape index (κ2) is 9.70. The molecule has 3 aromatic rings. The van der Waals surface area contributed by atoms with Gasteiger partial charge >= 0.3 is 0 Å². The van der Waals surface area contributed by atoms with E-state index in [0.29, 0.717) is 0 Å². The highest BCUT2D eigenvalue weighted by atomic mass is 16.5. The summed E-state index contributed by atoms with van der Waals surface area (Å²) in [5, 5.41) is 0. The fourth-order valence-corrected chi connectivity index (χ4v) is 3.07. The Labute approximate surface area is 178 Å². The minimum absolute atomic E-state index is 0.749. The smallest absolute Gasteiger partial charge is 0.126 e. The number of benzene rings is 3. The lowest BCUT2D eigenvalue weighted by molar-refractivity contribution is 0.401. The molecule has 0 aliphatic heterocycles. The zero-order chi connectivity index (χ0) is 21.5. The molecule has 0 saturated heterocycles. The summed E-state index contributed by atoms with van der Waals surface area (Å²) in [6.45, 7) is 0. The molecule has 4 heteroatoms. The number of hydrogen-bond acceptors (Lipinski definition) is 4. The number of rotatable bonds is 7. The molecule has 0 atom stereocenters. The number of nitrogen functional groups attached to an aromatic ring is 1. The van der Waals surface area contributed by atoms with Crippen LogP contribution in [0.3, 0.4) is 0 Å². The van der Waals surface area contributed by atoms with Crippen molar-refractivity contribution in [2.24, 2.45) is 0 Å². The second-order valence-electron chi connectivity index (χ2n) is 7.16. The quantitative estimate of drug-likeness (QED) is 0.409. The molecule has 0 aliphatic rings. The van der Waals surface area contributed by atoms with Crippen LogP contribution in [0.1, 0.15) is 22.3 Å². The summed E-state index contributed by atoms with van der Waals surface area (Å²) in [7, 11) is 7.42. The largest absolute Gasteiger partial charge is 0.496 e. The average Bonchev–Trinajstić information content (AvgIpc) is 2.77. The molecule has 154 valence electrons. The summed E-state index contributed by atoms with van der Waals surface area (Å²) in [5.41, 5.74) is 11.8. The molecule has 0 spiro atoms. The molecule has 3 rings (SSSR count). The lowest BCUT2D eigenvalue weighted by Crippen LogP contribution is -2.07. The molecule has 0 saturated carbocycles. The van der Waals surface area contributed by atoms with Gasteiger partial charge in [-0.1, -0.05) is 48.6 Å². The highest BCUT2D eigenvalue weighted by Gasteiger charge is 2.08. The van der Waals surface area contributed by atoms with Gasteiger partial charge in [0.15, 0.2) is 0 Å². The van der Waals surface area contributed by atoms with Crippen molar-refractivity contribution in [3.63, 3.8) is 0 Å². The van der Waals surface area contributed by atoms with Gasteiger partial charge in [-0.15, -0.1) is 0 Å². The predicted molar refractivity (Wildman–Crippen MR) is 129 cm³/mol. The van der Waals surface area contributed by atoms with Gasteiger partial charge in [0.2, 0.25) is 0 Å². The number of nitrogens with zero attached hydrogens (tertiary/aromatic N) is 1. The SMILES string of the molecule is COc1cc(C=Cc2ccc(N(C)C)cc2)c(OC)cc1C=Cc1ccc(N)cc1. The van der Waals surface area contributed by atoms with E-state index in [0.717, 1.165) is 39.4 Å². The minimum atomic E-state index is 0.749. The Morgan fingerprint density at radius 1 is 0.667 bits per heavy atom. The summed E-state index contributed by atoms with van der Waals surface area (Å²) in [6.07, 6.45) is 8.15. The van der Waals surface area contributed by atoms with E-state index >= 15 is 0 Å². The Hall–Kier alpha value is -3.66. The highest BCUT2D eigenvalue weighted by Crippen LogP contribution is 2.32. The van der Waals surface area contributed by atoms with Crippen LogP contribution in [0.5, 0.6) is 11.5 Å². The van der Waals surface area contributed by atoms with Gasteiger partial charge < -0.3 is 20.1 Å². The standard InChI is InChI=1S/C26H28N2O2/c1-28(2)24-15-9-20(10-16-24)6-12-22-18-25(29-3)21(17-26(22)30-4)11-5-19-7-13-23(27)14-8-19/h5-18H,27H2,1-4H3. The molecule has 0 fully saturated rings. The number of hydrogen-bond donors (Lipinski definition) is 1. The first-order valence-corrected chi connectivity index (χ1v) is 9.75. The maximum Gasteiger partial charge on any atom is 0.126 e. The second-order valence-corrected chi connectivity index (χ2v) is 7.16. The molecular weight excluding hydrogens is 372 g/mol. The molecular formula is C26H28N2O2. The van der Waals surface area contributed by atoms with Gasteiger partial charge in [0.25, 0.3) is 0 Å².